The van der Waals surface area contributed by atoms with Crippen molar-refractivity contribution in [1.82, 2.24) is 10.2 Å². The molecule has 0 saturated heterocycles. The second kappa shape index (κ2) is 7.63. The Balaban J connectivity index is 3.17. The van der Waals surface area contributed by atoms with Gasteiger partial charge in [0.25, 0.3) is 0 Å². The van der Waals surface area contributed by atoms with Crippen molar-refractivity contribution in [2.45, 2.75) is 52.6 Å². The van der Waals surface area contributed by atoms with Crippen molar-refractivity contribution in [3.05, 3.63) is 21.3 Å². The first-order valence-electron chi connectivity index (χ1n) is 7.26. The molecular weight excluding hydrogens is 276 g/mol. The number of nitrogens with zero attached hydrogens (tertiary/aromatic N) is 1. The average molecular weight is 303 g/mol. The second-order valence-electron chi connectivity index (χ2n) is 5.01. The quantitative estimate of drug-likeness (QED) is 0.757. The van der Waals surface area contributed by atoms with Gasteiger partial charge in [-0.15, -0.1) is 11.3 Å². The number of thiophene rings is 1. The zero-order valence-electron chi connectivity index (χ0n) is 12.8. The number of likely N-dealkylation sites (N-methyl/N-ethyl adjacent to an activating group) is 2. The van der Waals surface area contributed by atoms with Crippen LogP contribution in [0.15, 0.2) is 11.4 Å². The topological polar surface area (TPSA) is 15.3 Å². The number of hydrogen-bond donors (Lipinski definition) is 1. The lowest BCUT2D eigenvalue weighted by atomic mass is 9.86. The van der Waals surface area contributed by atoms with Crippen molar-refractivity contribution < 1.29 is 0 Å². The lowest BCUT2D eigenvalue weighted by Crippen LogP contribution is -2.54. The Morgan fingerprint density at radius 2 is 1.95 bits per heavy atom. The molecule has 0 aliphatic rings. The van der Waals surface area contributed by atoms with Crippen molar-refractivity contribution in [1.29, 1.82) is 0 Å². The van der Waals surface area contributed by atoms with Crippen LogP contribution in [0, 0.1) is 0 Å². The molecule has 0 bridgehead atoms. The Bertz CT molecular complexity index is 376. The van der Waals surface area contributed by atoms with E-state index < -0.39 is 0 Å². The molecule has 1 heterocycles. The fraction of sp³-hybridized carbons (Fsp3) is 0.733. The minimum atomic E-state index is 0.0913. The van der Waals surface area contributed by atoms with Gasteiger partial charge in [0.1, 0.15) is 0 Å². The molecule has 1 rings (SSSR count). The molecule has 2 unspecified atom stereocenters. The Hall–Kier alpha value is -0.0900. The maximum atomic E-state index is 6.38. The van der Waals surface area contributed by atoms with Gasteiger partial charge in [0.2, 0.25) is 0 Å². The van der Waals surface area contributed by atoms with E-state index in [1.807, 2.05) is 6.07 Å². The molecule has 0 spiro atoms. The normalized spacial score (nSPS) is 16.6. The third kappa shape index (κ3) is 3.52. The van der Waals surface area contributed by atoms with Gasteiger partial charge in [-0.3, -0.25) is 4.90 Å². The smallest absolute Gasteiger partial charge is 0.0614 e. The van der Waals surface area contributed by atoms with Crippen LogP contribution in [0.5, 0.6) is 0 Å². The molecule has 0 fully saturated rings. The predicted molar refractivity (Wildman–Crippen MR) is 87.4 cm³/mol. The fourth-order valence-corrected chi connectivity index (χ4v) is 4.25. The van der Waals surface area contributed by atoms with Crippen molar-refractivity contribution in [3.63, 3.8) is 0 Å². The van der Waals surface area contributed by atoms with E-state index >= 15 is 0 Å². The zero-order valence-corrected chi connectivity index (χ0v) is 14.4. The molecule has 110 valence electrons. The van der Waals surface area contributed by atoms with Crippen molar-refractivity contribution >= 4 is 22.9 Å². The predicted octanol–water partition coefficient (Wildman–Crippen LogP) is 4.56. The van der Waals surface area contributed by atoms with Crippen molar-refractivity contribution in [3.8, 4) is 0 Å². The third-order valence-electron chi connectivity index (χ3n) is 4.14. The molecule has 1 N–H and O–H groups in total. The molecule has 19 heavy (non-hydrogen) atoms. The van der Waals surface area contributed by atoms with Gasteiger partial charge in [-0.05, 0) is 44.4 Å². The first-order chi connectivity index (χ1) is 9.04. The van der Waals surface area contributed by atoms with Gasteiger partial charge >= 0.3 is 0 Å². The highest BCUT2D eigenvalue weighted by Gasteiger charge is 2.38. The summed E-state index contributed by atoms with van der Waals surface area (Å²) in [6.45, 7) is 14.3. The van der Waals surface area contributed by atoms with Crippen LogP contribution in [0.25, 0.3) is 0 Å². The summed E-state index contributed by atoms with van der Waals surface area (Å²) < 4.78 is 0. The van der Waals surface area contributed by atoms with E-state index in [0.29, 0.717) is 0 Å². The Kier molecular flexibility index (Phi) is 6.81. The summed E-state index contributed by atoms with van der Waals surface area (Å²) in [7, 11) is 0. The maximum Gasteiger partial charge on any atom is 0.0614 e. The molecule has 0 saturated carbocycles. The molecule has 4 heteroatoms. The van der Waals surface area contributed by atoms with Gasteiger partial charge in [-0.25, -0.2) is 0 Å². The molecule has 0 amide bonds. The minimum Gasteiger partial charge on any atom is -0.308 e. The Morgan fingerprint density at radius 3 is 2.32 bits per heavy atom. The summed E-state index contributed by atoms with van der Waals surface area (Å²) in [5.74, 6) is 0. The average Bonchev–Trinajstić information content (AvgIpc) is 2.83. The summed E-state index contributed by atoms with van der Waals surface area (Å²) in [6.07, 6.45) is 1.10. The first kappa shape index (κ1) is 17.0. The molecule has 2 atom stereocenters. The van der Waals surface area contributed by atoms with Gasteiger partial charge in [0.15, 0.2) is 0 Å². The number of hydrogen-bond acceptors (Lipinski definition) is 3. The molecule has 0 aliphatic carbocycles. The van der Waals surface area contributed by atoms with Crippen LogP contribution in [0.3, 0.4) is 0 Å². The highest BCUT2D eigenvalue weighted by molar-refractivity contribution is 7.10. The molecule has 2 nitrogen and oxygen atoms in total. The van der Waals surface area contributed by atoms with E-state index in [-0.39, 0.29) is 11.6 Å². The van der Waals surface area contributed by atoms with E-state index in [1.165, 1.54) is 4.88 Å². The van der Waals surface area contributed by atoms with E-state index in [1.54, 1.807) is 11.3 Å². The molecular formula is C15H27ClN2S. The van der Waals surface area contributed by atoms with Gasteiger partial charge in [-0.2, -0.15) is 0 Å². The molecule has 1 aromatic heterocycles. The maximum absolute atomic E-state index is 6.38. The van der Waals surface area contributed by atoms with Crippen LogP contribution >= 0.6 is 22.9 Å². The lowest BCUT2D eigenvalue weighted by molar-refractivity contribution is 0.0717. The number of nitrogens with one attached hydrogen (secondary N) is 1. The lowest BCUT2D eigenvalue weighted by Gasteiger charge is -2.45. The van der Waals surface area contributed by atoms with Crippen LogP contribution in [-0.4, -0.2) is 30.1 Å². The van der Waals surface area contributed by atoms with E-state index in [9.17, 15) is 0 Å². The van der Waals surface area contributed by atoms with E-state index in [2.05, 4.69) is 50.2 Å². The van der Waals surface area contributed by atoms with Gasteiger partial charge in [0, 0.05) is 10.4 Å². The highest BCUT2D eigenvalue weighted by atomic mass is 35.5. The van der Waals surface area contributed by atoms with Crippen molar-refractivity contribution in [2.75, 3.05) is 19.6 Å². The minimum absolute atomic E-state index is 0.0913. The molecule has 0 radical (unpaired) electrons. The van der Waals surface area contributed by atoms with E-state index in [0.717, 1.165) is 31.1 Å². The molecule has 1 aromatic rings. The Labute approximate surface area is 127 Å². The van der Waals surface area contributed by atoms with Crippen LogP contribution < -0.4 is 5.32 Å². The zero-order chi connectivity index (χ0) is 14.5. The van der Waals surface area contributed by atoms with Gasteiger partial charge in [-0.1, -0.05) is 39.3 Å². The highest BCUT2D eigenvalue weighted by Crippen LogP contribution is 2.39. The summed E-state index contributed by atoms with van der Waals surface area (Å²) in [5.41, 5.74) is 0.0913. The summed E-state index contributed by atoms with van der Waals surface area (Å²) >= 11 is 8.13. The summed E-state index contributed by atoms with van der Waals surface area (Å²) in [5, 5.41) is 6.63. The SMILES string of the molecule is CCNC(c1sccc1Cl)C(C)(CC)N(CC)CC. The van der Waals surface area contributed by atoms with Crippen LogP contribution in [-0.2, 0) is 0 Å². The molecule has 0 aromatic carbocycles. The third-order valence-corrected chi connectivity index (χ3v) is 5.56. The molecule has 0 aliphatic heterocycles. The standard InChI is InChI=1S/C15H27ClN2S/c1-6-15(5,18(8-3)9-4)14(17-7-2)13-12(16)10-11-19-13/h10-11,14,17H,6-9H2,1-5H3. The van der Waals surface area contributed by atoms with Gasteiger partial charge < -0.3 is 5.32 Å². The fourth-order valence-electron chi connectivity index (χ4n) is 2.87. The first-order valence-corrected chi connectivity index (χ1v) is 8.52. The number of rotatable bonds is 8. The Morgan fingerprint density at radius 1 is 1.32 bits per heavy atom. The van der Waals surface area contributed by atoms with Crippen LogP contribution in [0.1, 0.15) is 52.0 Å². The monoisotopic (exact) mass is 302 g/mol. The summed E-state index contributed by atoms with van der Waals surface area (Å²) in [6, 6.07) is 2.29. The summed E-state index contributed by atoms with van der Waals surface area (Å²) in [4.78, 5) is 3.80. The van der Waals surface area contributed by atoms with Crippen molar-refractivity contribution in [2.24, 2.45) is 0 Å². The number of halogens is 1. The van der Waals surface area contributed by atoms with Crippen LogP contribution in [0.2, 0.25) is 5.02 Å². The van der Waals surface area contributed by atoms with Crippen LogP contribution in [0.4, 0.5) is 0 Å². The van der Waals surface area contributed by atoms with E-state index in [4.69, 9.17) is 11.6 Å². The van der Waals surface area contributed by atoms with Gasteiger partial charge in [0.05, 0.1) is 11.1 Å². The second-order valence-corrected chi connectivity index (χ2v) is 6.36. The largest absolute Gasteiger partial charge is 0.308 e.